The molecule has 3 aromatic rings. The van der Waals surface area contributed by atoms with Crippen molar-refractivity contribution in [3.63, 3.8) is 0 Å². The van der Waals surface area contributed by atoms with Gasteiger partial charge in [0.1, 0.15) is 11.3 Å². The van der Waals surface area contributed by atoms with E-state index in [1.807, 2.05) is 19.2 Å². The third-order valence-corrected chi connectivity index (χ3v) is 4.78. The zero-order valence-corrected chi connectivity index (χ0v) is 13.4. The van der Waals surface area contributed by atoms with Crippen LogP contribution < -0.4 is 0 Å². The fourth-order valence-electron chi connectivity index (χ4n) is 2.02. The van der Waals surface area contributed by atoms with Crippen LogP contribution in [0, 0.1) is 6.92 Å². The molecule has 0 aliphatic carbocycles. The lowest BCUT2D eigenvalue weighted by molar-refractivity contribution is 0.780. The molecule has 98 valence electrons. The summed E-state index contributed by atoms with van der Waals surface area (Å²) in [6.07, 6.45) is 1.86. The molecule has 0 unspecified atom stereocenters. The number of hydrogen-bond acceptors (Lipinski definition) is 3. The summed E-state index contributed by atoms with van der Waals surface area (Å²) in [5.41, 5.74) is 2.91. The van der Waals surface area contributed by atoms with E-state index in [-0.39, 0.29) is 0 Å². The predicted octanol–water partition coefficient (Wildman–Crippen LogP) is 4.35. The van der Waals surface area contributed by atoms with Gasteiger partial charge in [0.05, 0.1) is 12.4 Å². The number of hydrogen-bond donors (Lipinski definition) is 0. The lowest BCUT2D eigenvalue weighted by Gasteiger charge is -2.05. The van der Waals surface area contributed by atoms with Gasteiger partial charge in [-0.2, -0.15) is 0 Å². The Morgan fingerprint density at radius 1 is 1.42 bits per heavy atom. The number of nitrogens with zero attached hydrogens (tertiary/aromatic N) is 3. The van der Waals surface area contributed by atoms with E-state index in [1.165, 1.54) is 4.88 Å². The van der Waals surface area contributed by atoms with Gasteiger partial charge in [0.25, 0.3) is 0 Å². The van der Waals surface area contributed by atoms with Crippen LogP contribution in [0.4, 0.5) is 0 Å². The summed E-state index contributed by atoms with van der Waals surface area (Å²) in [5, 5.41) is 2.08. The Bertz CT molecular complexity index is 735. The second kappa shape index (κ2) is 5.23. The molecule has 0 amide bonds. The molecule has 0 aliphatic heterocycles. The van der Waals surface area contributed by atoms with Gasteiger partial charge in [-0.1, -0.05) is 0 Å². The van der Waals surface area contributed by atoms with E-state index >= 15 is 0 Å². The Hall–Kier alpha value is -0.910. The second-order valence-corrected chi connectivity index (χ2v) is 6.51. The third-order valence-electron chi connectivity index (χ3n) is 2.86. The average molecular weight is 357 g/mol. The van der Waals surface area contributed by atoms with Crippen LogP contribution in [0.25, 0.3) is 11.2 Å². The van der Waals surface area contributed by atoms with Crippen molar-refractivity contribution < 1.29 is 0 Å². The highest BCUT2D eigenvalue weighted by Crippen LogP contribution is 2.24. The Labute approximate surface area is 128 Å². The van der Waals surface area contributed by atoms with Gasteiger partial charge in [-0.25, -0.2) is 9.97 Å². The topological polar surface area (TPSA) is 30.7 Å². The van der Waals surface area contributed by atoms with E-state index in [1.54, 1.807) is 11.3 Å². The van der Waals surface area contributed by atoms with Crippen molar-refractivity contribution in [2.24, 2.45) is 0 Å². The van der Waals surface area contributed by atoms with Crippen molar-refractivity contribution in [1.29, 1.82) is 0 Å². The third kappa shape index (κ3) is 2.55. The lowest BCUT2D eigenvalue weighted by Crippen LogP contribution is -2.03. The number of pyridine rings is 1. The molecule has 0 radical (unpaired) electrons. The van der Waals surface area contributed by atoms with Gasteiger partial charge in [0, 0.05) is 20.9 Å². The van der Waals surface area contributed by atoms with Gasteiger partial charge >= 0.3 is 0 Å². The molecule has 0 spiro atoms. The van der Waals surface area contributed by atoms with Crippen LogP contribution in [0.2, 0.25) is 0 Å². The van der Waals surface area contributed by atoms with Crippen LogP contribution in [0.5, 0.6) is 0 Å². The first kappa shape index (κ1) is 13.1. The van der Waals surface area contributed by atoms with Gasteiger partial charge in [0.2, 0.25) is 0 Å². The van der Waals surface area contributed by atoms with Crippen LogP contribution in [0.15, 0.2) is 28.2 Å². The van der Waals surface area contributed by atoms with Gasteiger partial charge in [-0.05, 0) is 40.5 Å². The molecule has 3 rings (SSSR count). The number of imidazole rings is 1. The average Bonchev–Trinajstić information content (AvgIpc) is 2.94. The van der Waals surface area contributed by atoms with E-state index in [4.69, 9.17) is 11.6 Å². The molecule has 0 atom stereocenters. The number of rotatable bonds is 3. The van der Waals surface area contributed by atoms with Crippen LogP contribution in [-0.4, -0.2) is 14.5 Å². The smallest absolute Gasteiger partial charge is 0.160 e. The fourth-order valence-corrected chi connectivity index (χ4v) is 3.66. The fraction of sp³-hybridized carbons (Fsp3) is 0.231. The van der Waals surface area contributed by atoms with E-state index in [9.17, 15) is 0 Å². The summed E-state index contributed by atoms with van der Waals surface area (Å²) < 4.78 is 3.19. The molecule has 0 saturated heterocycles. The number of halogens is 2. The SMILES string of the molecule is Cc1cnc2c(c1)nc(CCl)n2Cc1cc(Br)cs1. The Morgan fingerprint density at radius 3 is 2.95 bits per heavy atom. The first-order valence-electron chi connectivity index (χ1n) is 5.78. The Morgan fingerprint density at radius 2 is 2.26 bits per heavy atom. The maximum absolute atomic E-state index is 6.00. The summed E-state index contributed by atoms with van der Waals surface area (Å²) in [4.78, 5) is 10.3. The number of thiophene rings is 1. The quantitative estimate of drug-likeness (QED) is 0.653. The van der Waals surface area contributed by atoms with Crippen molar-refractivity contribution in [1.82, 2.24) is 14.5 Å². The minimum absolute atomic E-state index is 0.391. The van der Waals surface area contributed by atoms with Crippen LogP contribution in [0.3, 0.4) is 0 Å². The van der Waals surface area contributed by atoms with Crippen LogP contribution in [-0.2, 0) is 12.4 Å². The van der Waals surface area contributed by atoms with E-state index in [2.05, 4.69) is 41.9 Å². The van der Waals surface area contributed by atoms with Crippen molar-refractivity contribution in [2.45, 2.75) is 19.3 Å². The van der Waals surface area contributed by atoms with Gasteiger partial charge in [0.15, 0.2) is 5.65 Å². The second-order valence-electron chi connectivity index (χ2n) is 4.33. The molecule has 19 heavy (non-hydrogen) atoms. The Kier molecular flexibility index (Phi) is 3.60. The zero-order chi connectivity index (χ0) is 13.4. The van der Waals surface area contributed by atoms with Crippen molar-refractivity contribution in [3.05, 3.63) is 44.4 Å². The van der Waals surface area contributed by atoms with E-state index < -0.39 is 0 Å². The maximum atomic E-state index is 6.00. The van der Waals surface area contributed by atoms with E-state index in [0.29, 0.717) is 5.88 Å². The van der Waals surface area contributed by atoms with Crippen LogP contribution in [0.1, 0.15) is 16.3 Å². The molecule has 0 aromatic carbocycles. The van der Waals surface area contributed by atoms with Gasteiger partial charge < -0.3 is 4.57 Å². The molecular weight excluding hydrogens is 346 g/mol. The van der Waals surface area contributed by atoms with Crippen molar-refractivity contribution in [3.8, 4) is 0 Å². The predicted molar refractivity (Wildman–Crippen MR) is 82.9 cm³/mol. The molecule has 0 N–H and O–H groups in total. The first-order chi connectivity index (χ1) is 9.17. The summed E-state index contributed by atoms with van der Waals surface area (Å²) in [6.45, 7) is 2.77. The Balaban J connectivity index is 2.10. The molecule has 0 aliphatic rings. The van der Waals surface area contributed by atoms with Gasteiger partial charge in [-0.3, -0.25) is 0 Å². The molecule has 0 saturated carbocycles. The number of aromatic nitrogens is 3. The summed E-state index contributed by atoms with van der Waals surface area (Å²) in [7, 11) is 0. The minimum atomic E-state index is 0.391. The molecule has 6 heteroatoms. The van der Waals surface area contributed by atoms with Crippen molar-refractivity contribution in [2.75, 3.05) is 0 Å². The monoisotopic (exact) mass is 355 g/mol. The van der Waals surface area contributed by atoms with Crippen molar-refractivity contribution >= 4 is 50.0 Å². The molecular formula is C13H11BrClN3S. The number of fused-ring (bicyclic) bond motifs is 1. The molecule has 3 nitrogen and oxygen atoms in total. The highest BCUT2D eigenvalue weighted by molar-refractivity contribution is 9.10. The lowest BCUT2D eigenvalue weighted by atomic mass is 10.3. The normalized spacial score (nSPS) is 11.3. The zero-order valence-electron chi connectivity index (χ0n) is 10.2. The molecule has 3 heterocycles. The first-order valence-corrected chi connectivity index (χ1v) is 7.98. The number of aryl methyl sites for hydroxylation is 1. The molecule has 3 aromatic heterocycles. The number of alkyl halides is 1. The largest absolute Gasteiger partial charge is 0.306 e. The van der Waals surface area contributed by atoms with E-state index in [0.717, 1.165) is 33.6 Å². The van der Waals surface area contributed by atoms with Gasteiger partial charge in [-0.15, -0.1) is 22.9 Å². The highest BCUT2D eigenvalue weighted by Gasteiger charge is 2.12. The summed E-state index contributed by atoms with van der Waals surface area (Å²) >= 11 is 11.2. The summed E-state index contributed by atoms with van der Waals surface area (Å²) in [5.74, 6) is 1.25. The maximum Gasteiger partial charge on any atom is 0.160 e. The minimum Gasteiger partial charge on any atom is -0.306 e. The highest BCUT2D eigenvalue weighted by atomic mass is 79.9. The molecule has 0 fully saturated rings. The summed E-state index contributed by atoms with van der Waals surface area (Å²) in [6, 6.07) is 4.15. The standard InChI is InChI=1S/C13H11BrClN3S/c1-8-2-11-13(16-5-8)18(12(4-15)17-11)6-10-3-9(14)7-19-10/h2-3,5,7H,4,6H2,1H3. The molecule has 0 bridgehead atoms. The van der Waals surface area contributed by atoms with Crippen LogP contribution >= 0.6 is 38.9 Å².